The highest BCUT2D eigenvalue weighted by atomic mass is 15.1. The van der Waals surface area contributed by atoms with Crippen LogP contribution in [-0.2, 0) is 0 Å². The van der Waals surface area contributed by atoms with Crippen molar-refractivity contribution in [1.29, 1.82) is 0 Å². The van der Waals surface area contributed by atoms with Gasteiger partial charge in [0.2, 0.25) is 5.95 Å². The zero-order valence-corrected chi connectivity index (χ0v) is 11.5. The van der Waals surface area contributed by atoms with Crippen LogP contribution >= 0.6 is 0 Å². The van der Waals surface area contributed by atoms with Crippen molar-refractivity contribution in [3.63, 3.8) is 0 Å². The Morgan fingerprint density at radius 2 is 1.74 bits per heavy atom. The van der Waals surface area contributed by atoms with Gasteiger partial charge in [0.1, 0.15) is 11.6 Å². The number of hydrogen-bond donors (Lipinski definition) is 3. The molecule has 0 spiro atoms. The number of anilines is 3. The molecule has 0 bridgehead atoms. The van der Waals surface area contributed by atoms with E-state index in [1.807, 2.05) is 13.0 Å². The summed E-state index contributed by atoms with van der Waals surface area (Å²) >= 11 is 0. The van der Waals surface area contributed by atoms with Crippen LogP contribution in [0.25, 0.3) is 0 Å². The summed E-state index contributed by atoms with van der Waals surface area (Å²) in [6.45, 7) is 3.90. The SMILES string of the molecule is CCNc1cc(NCC(C2CC2)C2CC2)nc(N)n1. The highest BCUT2D eigenvalue weighted by molar-refractivity contribution is 5.50. The fourth-order valence-electron chi connectivity index (χ4n) is 2.82. The van der Waals surface area contributed by atoms with Gasteiger partial charge in [0.25, 0.3) is 0 Å². The van der Waals surface area contributed by atoms with Crippen LogP contribution in [0.3, 0.4) is 0 Å². The van der Waals surface area contributed by atoms with Gasteiger partial charge in [-0.05, 0) is 50.4 Å². The van der Waals surface area contributed by atoms with Crippen molar-refractivity contribution in [1.82, 2.24) is 9.97 Å². The summed E-state index contributed by atoms with van der Waals surface area (Å²) in [5.74, 6) is 4.70. The molecule has 1 heterocycles. The summed E-state index contributed by atoms with van der Waals surface area (Å²) in [5.41, 5.74) is 5.74. The molecule has 0 radical (unpaired) electrons. The van der Waals surface area contributed by atoms with Gasteiger partial charge in [-0.1, -0.05) is 0 Å². The van der Waals surface area contributed by atoms with Crippen molar-refractivity contribution in [2.24, 2.45) is 17.8 Å². The lowest BCUT2D eigenvalue weighted by Crippen LogP contribution is -2.19. The Hall–Kier alpha value is -1.52. The van der Waals surface area contributed by atoms with E-state index in [2.05, 4.69) is 20.6 Å². The third-order valence-corrected chi connectivity index (χ3v) is 4.08. The average molecular weight is 261 g/mol. The van der Waals surface area contributed by atoms with Crippen LogP contribution < -0.4 is 16.4 Å². The van der Waals surface area contributed by atoms with Crippen LogP contribution in [0, 0.1) is 17.8 Å². The lowest BCUT2D eigenvalue weighted by Gasteiger charge is -2.17. The van der Waals surface area contributed by atoms with Gasteiger partial charge in [0, 0.05) is 19.2 Å². The Morgan fingerprint density at radius 3 is 2.26 bits per heavy atom. The molecule has 4 N–H and O–H groups in total. The summed E-state index contributed by atoms with van der Waals surface area (Å²) in [5, 5.41) is 6.63. The predicted octanol–water partition coefficient (Wildman–Crippen LogP) is 2.34. The van der Waals surface area contributed by atoms with Gasteiger partial charge < -0.3 is 16.4 Å². The van der Waals surface area contributed by atoms with E-state index < -0.39 is 0 Å². The summed E-state index contributed by atoms with van der Waals surface area (Å²) in [6, 6.07) is 1.94. The summed E-state index contributed by atoms with van der Waals surface area (Å²) in [6.07, 6.45) is 5.66. The molecule has 0 atom stereocenters. The molecule has 1 aromatic rings. The van der Waals surface area contributed by atoms with E-state index in [1.54, 1.807) is 0 Å². The number of nitrogens with zero attached hydrogens (tertiary/aromatic N) is 2. The van der Waals surface area contributed by atoms with Crippen LogP contribution in [0.5, 0.6) is 0 Å². The van der Waals surface area contributed by atoms with Crippen LogP contribution in [0.4, 0.5) is 17.6 Å². The number of aromatic nitrogens is 2. The van der Waals surface area contributed by atoms with Crippen molar-refractivity contribution in [3.8, 4) is 0 Å². The molecule has 0 amide bonds. The first-order valence-corrected chi connectivity index (χ1v) is 7.38. The maximum Gasteiger partial charge on any atom is 0.223 e. The molecule has 2 fully saturated rings. The molecule has 2 saturated carbocycles. The summed E-state index contributed by atoms with van der Waals surface area (Å²) in [4.78, 5) is 8.42. The van der Waals surface area contributed by atoms with Crippen LogP contribution in [-0.4, -0.2) is 23.1 Å². The van der Waals surface area contributed by atoms with Crippen molar-refractivity contribution in [2.75, 3.05) is 29.5 Å². The molecule has 2 aliphatic rings. The van der Waals surface area contributed by atoms with E-state index in [1.165, 1.54) is 25.7 Å². The van der Waals surface area contributed by atoms with Crippen molar-refractivity contribution < 1.29 is 0 Å². The van der Waals surface area contributed by atoms with Gasteiger partial charge in [-0.3, -0.25) is 0 Å². The van der Waals surface area contributed by atoms with Gasteiger partial charge in [-0.25, -0.2) is 0 Å². The minimum Gasteiger partial charge on any atom is -0.370 e. The van der Waals surface area contributed by atoms with Gasteiger partial charge >= 0.3 is 0 Å². The molecule has 0 saturated heterocycles. The van der Waals surface area contributed by atoms with Crippen LogP contribution in [0.2, 0.25) is 0 Å². The normalized spacial score (nSPS) is 18.6. The highest BCUT2D eigenvalue weighted by Crippen LogP contribution is 2.49. The second-order valence-corrected chi connectivity index (χ2v) is 5.75. The van der Waals surface area contributed by atoms with E-state index >= 15 is 0 Å². The van der Waals surface area contributed by atoms with Gasteiger partial charge in [0.05, 0.1) is 0 Å². The topological polar surface area (TPSA) is 75.9 Å². The largest absolute Gasteiger partial charge is 0.370 e. The number of rotatable bonds is 7. The van der Waals surface area contributed by atoms with Crippen LogP contribution in [0.1, 0.15) is 32.6 Å². The van der Waals surface area contributed by atoms with Gasteiger partial charge in [-0.2, -0.15) is 9.97 Å². The van der Waals surface area contributed by atoms with E-state index in [9.17, 15) is 0 Å². The Balaban J connectivity index is 1.61. The Bertz CT molecular complexity index is 427. The molecule has 1 aromatic heterocycles. The molecule has 0 aromatic carbocycles. The molecular formula is C14H23N5. The molecule has 0 aliphatic heterocycles. The Kier molecular flexibility index (Phi) is 3.44. The molecule has 5 heteroatoms. The fraction of sp³-hybridized carbons (Fsp3) is 0.714. The van der Waals surface area contributed by atoms with Crippen molar-refractivity contribution in [3.05, 3.63) is 6.07 Å². The molecule has 0 unspecified atom stereocenters. The van der Waals surface area contributed by atoms with E-state index in [4.69, 9.17) is 5.73 Å². The standard InChI is InChI=1S/C14H23N5/c1-2-16-12-7-13(19-14(15)18-12)17-8-11(9-3-4-9)10-5-6-10/h7,9-11H,2-6,8H2,1H3,(H4,15,16,17,18,19). The molecule has 19 heavy (non-hydrogen) atoms. The van der Waals surface area contributed by atoms with E-state index in [0.717, 1.165) is 42.5 Å². The smallest absolute Gasteiger partial charge is 0.223 e. The lowest BCUT2D eigenvalue weighted by atomic mass is 9.98. The summed E-state index contributed by atoms with van der Waals surface area (Å²) in [7, 11) is 0. The zero-order chi connectivity index (χ0) is 13.2. The van der Waals surface area contributed by atoms with E-state index in [0.29, 0.717) is 5.95 Å². The van der Waals surface area contributed by atoms with Crippen molar-refractivity contribution in [2.45, 2.75) is 32.6 Å². The lowest BCUT2D eigenvalue weighted by molar-refractivity contribution is 0.427. The first kappa shape index (κ1) is 12.5. The number of nitrogens with two attached hydrogens (primary N) is 1. The number of hydrogen-bond acceptors (Lipinski definition) is 5. The average Bonchev–Trinajstić information content (AvgIpc) is 3.24. The van der Waals surface area contributed by atoms with Gasteiger partial charge in [0.15, 0.2) is 0 Å². The van der Waals surface area contributed by atoms with E-state index in [-0.39, 0.29) is 0 Å². The highest BCUT2D eigenvalue weighted by Gasteiger charge is 2.41. The van der Waals surface area contributed by atoms with Crippen molar-refractivity contribution >= 4 is 17.6 Å². The predicted molar refractivity (Wildman–Crippen MR) is 78.0 cm³/mol. The Morgan fingerprint density at radius 1 is 1.16 bits per heavy atom. The summed E-state index contributed by atoms with van der Waals surface area (Å²) < 4.78 is 0. The molecule has 3 rings (SSSR count). The monoisotopic (exact) mass is 261 g/mol. The van der Waals surface area contributed by atoms with Gasteiger partial charge in [-0.15, -0.1) is 0 Å². The second kappa shape index (κ2) is 5.23. The first-order valence-electron chi connectivity index (χ1n) is 7.38. The second-order valence-electron chi connectivity index (χ2n) is 5.75. The van der Waals surface area contributed by atoms with Crippen LogP contribution in [0.15, 0.2) is 6.07 Å². The Labute approximate surface area is 114 Å². The molecule has 5 nitrogen and oxygen atoms in total. The molecule has 104 valence electrons. The first-order chi connectivity index (χ1) is 9.26. The molecular weight excluding hydrogens is 238 g/mol. The quantitative estimate of drug-likeness (QED) is 0.702. The third-order valence-electron chi connectivity index (χ3n) is 4.08. The maximum absolute atomic E-state index is 5.74. The minimum absolute atomic E-state index is 0.329. The zero-order valence-electron chi connectivity index (χ0n) is 11.5. The fourth-order valence-corrected chi connectivity index (χ4v) is 2.82. The minimum atomic E-state index is 0.329. The number of nitrogen functional groups attached to an aromatic ring is 1. The maximum atomic E-state index is 5.74. The third kappa shape index (κ3) is 3.28. The number of nitrogens with one attached hydrogen (secondary N) is 2. The molecule has 2 aliphatic carbocycles.